The van der Waals surface area contributed by atoms with Crippen LogP contribution in [0.3, 0.4) is 0 Å². The SMILES string of the molecule is CCNC(=O)[C@@H](Cc1ccccc1)N(Cc1ccc(OC)cc1)C(=O)CN(Cc1ccccc1)S(C)(=O)=O. The highest BCUT2D eigenvalue weighted by Crippen LogP contribution is 2.19. The predicted molar refractivity (Wildman–Crippen MR) is 148 cm³/mol. The van der Waals surface area contributed by atoms with E-state index in [4.69, 9.17) is 4.74 Å². The molecule has 0 aliphatic rings. The first kappa shape index (κ1) is 28.9. The minimum Gasteiger partial charge on any atom is -0.497 e. The van der Waals surface area contributed by atoms with Crippen LogP contribution in [0.25, 0.3) is 0 Å². The molecule has 0 unspecified atom stereocenters. The quantitative estimate of drug-likeness (QED) is 0.361. The van der Waals surface area contributed by atoms with E-state index in [0.717, 1.165) is 27.3 Å². The third kappa shape index (κ3) is 8.43. The van der Waals surface area contributed by atoms with Crippen molar-refractivity contribution < 1.29 is 22.7 Å². The van der Waals surface area contributed by atoms with Crippen LogP contribution in [0.1, 0.15) is 23.6 Å². The van der Waals surface area contributed by atoms with E-state index >= 15 is 0 Å². The molecule has 38 heavy (non-hydrogen) atoms. The van der Waals surface area contributed by atoms with Gasteiger partial charge in [0.25, 0.3) is 0 Å². The average molecular weight is 538 g/mol. The van der Waals surface area contributed by atoms with Crippen molar-refractivity contribution in [3.8, 4) is 5.75 Å². The summed E-state index contributed by atoms with van der Waals surface area (Å²) in [5, 5.41) is 2.84. The maximum atomic E-state index is 13.9. The molecule has 0 fully saturated rings. The third-order valence-corrected chi connectivity index (χ3v) is 7.31. The van der Waals surface area contributed by atoms with E-state index in [9.17, 15) is 18.0 Å². The van der Waals surface area contributed by atoms with E-state index in [1.807, 2.05) is 79.7 Å². The zero-order valence-electron chi connectivity index (χ0n) is 22.0. The molecule has 1 atom stereocenters. The van der Waals surface area contributed by atoms with Gasteiger partial charge in [0.15, 0.2) is 0 Å². The minimum absolute atomic E-state index is 0.0479. The molecule has 0 saturated heterocycles. The zero-order valence-corrected chi connectivity index (χ0v) is 22.9. The number of ether oxygens (including phenoxy) is 1. The normalized spacial score (nSPS) is 12.1. The number of nitrogens with zero attached hydrogens (tertiary/aromatic N) is 2. The number of nitrogens with one attached hydrogen (secondary N) is 1. The first-order chi connectivity index (χ1) is 18.2. The lowest BCUT2D eigenvalue weighted by Crippen LogP contribution is -2.53. The van der Waals surface area contributed by atoms with E-state index in [-0.39, 0.29) is 25.4 Å². The van der Waals surface area contributed by atoms with Gasteiger partial charge in [-0.2, -0.15) is 4.31 Å². The van der Waals surface area contributed by atoms with Gasteiger partial charge >= 0.3 is 0 Å². The number of carbonyl (C=O) groups is 2. The van der Waals surface area contributed by atoms with Gasteiger partial charge in [-0.05, 0) is 35.7 Å². The van der Waals surface area contributed by atoms with Gasteiger partial charge in [0, 0.05) is 26.1 Å². The van der Waals surface area contributed by atoms with Crippen molar-refractivity contribution in [2.24, 2.45) is 0 Å². The van der Waals surface area contributed by atoms with Crippen molar-refractivity contribution in [3.05, 3.63) is 102 Å². The summed E-state index contributed by atoms with van der Waals surface area (Å²) in [5.74, 6) is -0.0937. The van der Waals surface area contributed by atoms with Crippen LogP contribution in [0.2, 0.25) is 0 Å². The Morgan fingerprint density at radius 2 is 1.39 bits per heavy atom. The predicted octanol–water partition coefficient (Wildman–Crippen LogP) is 3.23. The molecule has 2 amide bonds. The Morgan fingerprint density at radius 1 is 0.842 bits per heavy atom. The molecule has 3 aromatic rings. The fourth-order valence-corrected chi connectivity index (χ4v) is 4.82. The molecule has 0 aliphatic heterocycles. The molecule has 0 radical (unpaired) electrons. The second-order valence-electron chi connectivity index (χ2n) is 8.99. The Balaban J connectivity index is 1.97. The molecule has 3 aromatic carbocycles. The minimum atomic E-state index is -3.72. The van der Waals surface area contributed by atoms with Crippen LogP contribution in [0.15, 0.2) is 84.9 Å². The maximum absolute atomic E-state index is 13.9. The van der Waals surface area contributed by atoms with Crippen molar-refractivity contribution in [1.82, 2.24) is 14.5 Å². The Bertz CT molecular complexity index is 1280. The topological polar surface area (TPSA) is 96.0 Å². The molecule has 0 aliphatic carbocycles. The maximum Gasteiger partial charge on any atom is 0.243 e. The van der Waals surface area contributed by atoms with Crippen LogP contribution >= 0.6 is 0 Å². The third-order valence-electron chi connectivity index (χ3n) is 6.12. The summed E-state index contributed by atoms with van der Waals surface area (Å²) in [5.41, 5.74) is 2.44. The highest BCUT2D eigenvalue weighted by Gasteiger charge is 2.32. The van der Waals surface area contributed by atoms with E-state index in [1.54, 1.807) is 19.2 Å². The van der Waals surface area contributed by atoms with E-state index in [0.29, 0.717) is 12.3 Å². The molecule has 8 nitrogen and oxygen atoms in total. The number of rotatable bonds is 13. The van der Waals surface area contributed by atoms with Crippen molar-refractivity contribution >= 4 is 21.8 Å². The second kappa shape index (κ2) is 13.7. The smallest absolute Gasteiger partial charge is 0.243 e. The molecular formula is C29H35N3O5S. The van der Waals surface area contributed by atoms with Gasteiger partial charge in [-0.15, -0.1) is 0 Å². The lowest BCUT2D eigenvalue weighted by molar-refractivity contribution is -0.141. The molecule has 1 N–H and O–H groups in total. The number of hydrogen-bond donors (Lipinski definition) is 1. The molecule has 0 heterocycles. The van der Waals surface area contributed by atoms with E-state index in [2.05, 4.69) is 5.32 Å². The summed E-state index contributed by atoms with van der Waals surface area (Å²) in [7, 11) is -2.15. The fraction of sp³-hybridized carbons (Fsp3) is 0.310. The number of methoxy groups -OCH3 is 1. The van der Waals surface area contributed by atoms with Gasteiger partial charge in [-0.25, -0.2) is 8.42 Å². The van der Waals surface area contributed by atoms with Gasteiger partial charge in [0.1, 0.15) is 11.8 Å². The van der Waals surface area contributed by atoms with Crippen LogP contribution < -0.4 is 10.1 Å². The van der Waals surface area contributed by atoms with Crippen molar-refractivity contribution in [3.63, 3.8) is 0 Å². The molecule has 0 bridgehead atoms. The van der Waals surface area contributed by atoms with Crippen LogP contribution in [0.4, 0.5) is 0 Å². The monoisotopic (exact) mass is 537 g/mol. The number of hydrogen-bond acceptors (Lipinski definition) is 5. The summed E-state index contributed by atoms with van der Waals surface area (Å²) in [6.45, 7) is 2.00. The fourth-order valence-electron chi connectivity index (χ4n) is 4.09. The Kier molecular flexibility index (Phi) is 10.4. The largest absolute Gasteiger partial charge is 0.497 e. The lowest BCUT2D eigenvalue weighted by Gasteiger charge is -2.33. The van der Waals surface area contributed by atoms with Crippen LogP contribution in [-0.2, 0) is 39.1 Å². The summed E-state index contributed by atoms with van der Waals surface area (Å²) in [6, 6.07) is 24.9. The Hall–Kier alpha value is -3.69. The van der Waals surface area contributed by atoms with Gasteiger partial charge in [-0.1, -0.05) is 72.8 Å². The van der Waals surface area contributed by atoms with Gasteiger partial charge in [-0.3, -0.25) is 9.59 Å². The summed E-state index contributed by atoms with van der Waals surface area (Å²) < 4.78 is 31.8. The first-order valence-electron chi connectivity index (χ1n) is 12.4. The van der Waals surface area contributed by atoms with Crippen molar-refractivity contribution in [2.45, 2.75) is 32.5 Å². The molecule has 3 rings (SSSR count). The van der Waals surface area contributed by atoms with E-state index < -0.39 is 28.5 Å². The molecule has 202 valence electrons. The molecule has 0 saturated carbocycles. The summed E-state index contributed by atoms with van der Waals surface area (Å²) in [4.78, 5) is 28.6. The highest BCUT2D eigenvalue weighted by molar-refractivity contribution is 7.88. The standard InChI is InChI=1S/C29H35N3O5S/c1-4-30-29(34)27(19-23-11-7-5-8-12-23)32(21-25-15-17-26(37-2)18-16-25)28(33)22-31(38(3,35)36)20-24-13-9-6-10-14-24/h5-18,27H,4,19-22H2,1-3H3,(H,30,34)/t27-/m1/s1. The van der Waals surface area contributed by atoms with Gasteiger partial charge in [0.2, 0.25) is 21.8 Å². The molecule has 0 spiro atoms. The van der Waals surface area contributed by atoms with Crippen molar-refractivity contribution in [1.29, 1.82) is 0 Å². The first-order valence-corrected chi connectivity index (χ1v) is 14.3. The number of benzene rings is 3. The van der Waals surface area contributed by atoms with Gasteiger partial charge < -0.3 is 15.0 Å². The number of sulfonamides is 1. The Labute approximate surface area is 225 Å². The number of carbonyl (C=O) groups excluding carboxylic acids is 2. The molecular weight excluding hydrogens is 502 g/mol. The van der Waals surface area contributed by atoms with Crippen LogP contribution in [0, 0.1) is 0 Å². The number of likely N-dealkylation sites (N-methyl/N-ethyl adjacent to an activating group) is 1. The average Bonchev–Trinajstić information content (AvgIpc) is 2.91. The number of amides is 2. The van der Waals surface area contributed by atoms with Crippen LogP contribution in [0.5, 0.6) is 5.75 Å². The molecule has 0 aromatic heterocycles. The highest BCUT2D eigenvalue weighted by atomic mass is 32.2. The molecule has 9 heteroatoms. The van der Waals surface area contributed by atoms with Crippen LogP contribution in [-0.4, -0.2) is 61.9 Å². The second-order valence-corrected chi connectivity index (χ2v) is 11.0. The van der Waals surface area contributed by atoms with Gasteiger partial charge in [0.05, 0.1) is 19.9 Å². The lowest BCUT2D eigenvalue weighted by atomic mass is 10.0. The zero-order chi connectivity index (χ0) is 27.5. The Morgan fingerprint density at radius 3 is 1.92 bits per heavy atom. The van der Waals surface area contributed by atoms with Crippen molar-refractivity contribution in [2.75, 3.05) is 26.5 Å². The van der Waals surface area contributed by atoms with E-state index in [1.165, 1.54) is 4.90 Å². The summed E-state index contributed by atoms with van der Waals surface area (Å²) in [6.07, 6.45) is 1.37. The summed E-state index contributed by atoms with van der Waals surface area (Å²) >= 11 is 0.